The minimum atomic E-state index is -2.13. The highest BCUT2D eigenvalue weighted by atomic mass is 32.1. The lowest BCUT2D eigenvalue weighted by molar-refractivity contribution is 0.105. The molecule has 0 amide bonds. The third-order valence-electron chi connectivity index (χ3n) is 1.83. The summed E-state index contributed by atoms with van der Waals surface area (Å²) in [6.45, 7) is 12.5. The van der Waals surface area contributed by atoms with Crippen LogP contribution in [0.2, 0.25) is 12.6 Å². The van der Waals surface area contributed by atoms with Crippen molar-refractivity contribution >= 4 is 25.8 Å². The number of rotatable bonds is 7. The molecule has 0 aliphatic heterocycles. The largest absolute Gasteiger partial charge is 0.487 e. The van der Waals surface area contributed by atoms with Crippen molar-refractivity contribution in [2.24, 2.45) is 0 Å². The average molecular weight is 264 g/mol. The maximum atomic E-state index is 5.92. The molecule has 0 spiro atoms. The van der Waals surface area contributed by atoms with E-state index in [0.29, 0.717) is 11.7 Å². The van der Waals surface area contributed by atoms with Crippen molar-refractivity contribution < 1.29 is 13.6 Å². The van der Waals surface area contributed by atoms with Crippen LogP contribution in [0.3, 0.4) is 0 Å². The van der Waals surface area contributed by atoms with E-state index in [0.717, 1.165) is 6.04 Å². The Morgan fingerprint density at radius 1 is 1.12 bits per heavy atom. The summed E-state index contributed by atoms with van der Waals surface area (Å²) < 4.78 is 17.2. The fourth-order valence-electron chi connectivity index (χ4n) is 1.52. The number of thiocarbonyl (C=S) groups is 1. The monoisotopic (exact) mass is 264 g/mol. The molecule has 96 valence electrons. The van der Waals surface area contributed by atoms with Gasteiger partial charge in [-0.25, -0.2) is 0 Å². The van der Waals surface area contributed by atoms with Crippen molar-refractivity contribution in [1.29, 1.82) is 0 Å². The summed E-state index contributed by atoms with van der Waals surface area (Å²) in [5, 5.41) is 0.574. The van der Waals surface area contributed by atoms with Crippen LogP contribution >= 0.6 is 12.2 Å². The van der Waals surface area contributed by atoms with Crippen LogP contribution in [0.4, 0.5) is 0 Å². The van der Waals surface area contributed by atoms with E-state index >= 15 is 0 Å². The maximum absolute atomic E-state index is 5.92. The molecule has 0 aliphatic carbocycles. The highest BCUT2D eigenvalue weighted by Crippen LogP contribution is 2.18. The van der Waals surface area contributed by atoms with E-state index < -0.39 is 8.56 Å². The predicted octanol–water partition coefficient (Wildman–Crippen LogP) is 3.27. The molecule has 0 unspecified atom stereocenters. The third-order valence-corrected chi connectivity index (χ3v) is 5.00. The highest BCUT2D eigenvalue weighted by Gasteiger charge is 2.33. The molecule has 0 atom stereocenters. The molecule has 16 heavy (non-hydrogen) atoms. The van der Waals surface area contributed by atoms with Crippen molar-refractivity contribution in [1.82, 2.24) is 0 Å². The molecule has 0 radical (unpaired) electrons. The first kappa shape index (κ1) is 16.0. The summed E-state index contributed by atoms with van der Waals surface area (Å²) in [5.41, 5.74) is 0. The molecule has 0 N–H and O–H groups in total. The van der Waals surface area contributed by atoms with Gasteiger partial charge in [0.25, 0.3) is 0 Å². The van der Waals surface area contributed by atoms with Gasteiger partial charge in [-0.2, -0.15) is 0 Å². The van der Waals surface area contributed by atoms with E-state index in [1.807, 2.05) is 27.7 Å². The summed E-state index contributed by atoms with van der Waals surface area (Å²) in [4.78, 5) is 0. The van der Waals surface area contributed by atoms with Crippen LogP contribution in [0.5, 0.6) is 0 Å². The van der Waals surface area contributed by atoms with Crippen LogP contribution in [0.1, 0.15) is 34.6 Å². The normalized spacial score (nSPS) is 12.2. The van der Waals surface area contributed by atoms with E-state index in [-0.39, 0.29) is 12.2 Å². The maximum Gasteiger partial charge on any atom is 0.338 e. The fourth-order valence-corrected chi connectivity index (χ4v) is 4.36. The van der Waals surface area contributed by atoms with Gasteiger partial charge in [-0.3, -0.25) is 0 Å². The van der Waals surface area contributed by atoms with Crippen molar-refractivity contribution in [3.8, 4) is 0 Å². The summed E-state index contributed by atoms with van der Waals surface area (Å²) in [6, 6.07) is 0.803. The van der Waals surface area contributed by atoms with E-state index in [4.69, 9.17) is 25.8 Å². The first-order valence-corrected chi connectivity index (χ1v) is 8.67. The van der Waals surface area contributed by atoms with Gasteiger partial charge in [0.2, 0.25) is 0 Å². The first-order valence-electron chi connectivity index (χ1n) is 5.74. The van der Waals surface area contributed by atoms with Crippen molar-refractivity contribution in [2.45, 2.75) is 59.4 Å². The Morgan fingerprint density at radius 3 is 1.88 bits per heavy atom. The topological polar surface area (TPSA) is 27.7 Å². The van der Waals surface area contributed by atoms with Crippen molar-refractivity contribution in [2.75, 3.05) is 6.61 Å². The van der Waals surface area contributed by atoms with E-state index in [1.165, 1.54) is 0 Å². The minimum absolute atomic E-state index is 0.184. The second-order valence-corrected chi connectivity index (χ2v) is 8.37. The second kappa shape index (κ2) is 7.37. The summed E-state index contributed by atoms with van der Waals surface area (Å²) >= 11 is 4.87. The molecule has 0 rings (SSSR count). The quantitative estimate of drug-likeness (QED) is 0.521. The van der Waals surface area contributed by atoms with E-state index in [9.17, 15) is 0 Å². The molecule has 0 saturated heterocycles. The van der Waals surface area contributed by atoms with Gasteiger partial charge in [-0.1, -0.05) is 0 Å². The Balaban J connectivity index is 4.23. The van der Waals surface area contributed by atoms with Gasteiger partial charge >= 0.3 is 8.56 Å². The van der Waals surface area contributed by atoms with Gasteiger partial charge in [0.15, 0.2) is 5.05 Å². The molecule has 0 saturated carbocycles. The first-order chi connectivity index (χ1) is 7.25. The Morgan fingerprint density at radius 2 is 1.56 bits per heavy atom. The molecular weight excluding hydrogens is 240 g/mol. The Hall–Kier alpha value is 0.0269. The van der Waals surface area contributed by atoms with Gasteiger partial charge in [0.1, 0.15) is 0 Å². The second-order valence-electron chi connectivity index (χ2n) is 4.56. The number of ether oxygens (including phenoxy) is 1. The number of hydrogen-bond donors (Lipinski definition) is 0. The van der Waals surface area contributed by atoms with Crippen molar-refractivity contribution in [3.63, 3.8) is 0 Å². The van der Waals surface area contributed by atoms with E-state index in [1.54, 1.807) is 6.92 Å². The smallest absolute Gasteiger partial charge is 0.338 e. The van der Waals surface area contributed by atoms with Gasteiger partial charge in [0, 0.05) is 25.2 Å². The molecule has 0 fully saturated rings. The average Bonchev–Trinajstić information content (AvgIpc) is 1.98. The molecule has 0 heterocycles. The van der Waals surface area contributed by atoms with Crippen molar-refractivity contribution in [3.05, 3.63) is 0 Å². The van der Waals surface area contributed by atoms with Gasteiger partial charge in [-0.15, -0.1) is 0 Å². The summed E-state index contributed by atoms with van der Waals surface area (Å²) in [6.07, 6.45) is 0.369. The highest BCUT2D eigenvalue weighted by molar-refractivity contribution is 7.80. The van der Waals surface area contributed by atoms with Crippen LogP contribution in [-0.2, 0) is 13.6 Å². The molecular formula is C11H24O3SSi. The number of hydrogen-bond acceptors (Lipinski definition) is 4. The van der Waals surface area contributed by atoms with Crippen LogP contribution in [-0.4, -0.2) is 32.4 Å². The molecule has 0 bridgehead atoms. The molecule has 3 nitrogen and oxygen atoms in total. The zero-order valence-electron chi connectivity index (χ0n) is 11.2. The zero-order valence-corrected chi connectivity index (χ0v) is 13.0. The van der Waals surface area contributed by atoms with Gasteiger partial charge in [0.05, 0.1) is 6.61 Å². The molecule has 5 heteroatoms. The van der Waals surface area contributed by atoms with Crippen LogP contribution in [0.15, 0.2) is 0 Å². The Kier molecular flexibility index (Phi) is 7.38. The summed E-state index contributed by atoms with van der Waals surface area (Å²) in [7, 11) is -2.13. The minimum Gasteiger partial charge on any atom is -0.487 e. The van der Waals surface area contributed by atoms with Gasteiger partial charge < -0.3 is 13.6 Å². The molecule has 0 aliphatic rings. The van der Waals surface area contributed by atoms with Crippen LogP contribution in [0, 0.1) is 0 Å². The Labute approximate surface area is 106 Å². The molecule has 0 aromatic heterocycles. The standard InChI is InChI=1S/C11H24O3SSi/c1-9(2)13-16(6,14-10(3)4)8-7-12-11(5)15/h9-10H,7-8H2,1-6H3. The molecule has 0 aromatic carbocycles. The predicted molar refractivity (Wildman–Crippen MR) is 73.1 cm³/mol. The lowest BCUT2D eigenvalue weighted by atomic mass is 10.5. The van der Waals surface area contributed by atoms with Crippen LogP contribution in [0.25, 0.3) is 0 Å². The lowest BCUT2D eigenvalue weighted by Crippen LogP contribution is -2.43. The SMILES string of the molecule is CC(=S)OCC[Si](C)(OC(C)C)OC(C)C. The zero-order chi connectivity index (χ0) is 12.8. The third kappa shape index (κ3) is 8.21. The lowest BCUT2D eigenvalue weighted by Gasteiger charge is -2.30. The summed E-state index contributed by atoms with van der Waals surface area (Å²) in [5.74, 6) is 0. The Bertz CT molecular complexity index is 209. The molecule has 0 aromatic rings. The van der Waals surface area contributed by atoms with Gasteiger partial charge in [-0.05, 0) is 46.5 Å². The van der Waals surface area contributed by atoms with Crippen LogP contribution < -0.4 is 0 Å². The fraction of sp³-hybridized carbons (Fsp3) is 0.909. The van der Waals surface area contributed by atoms with E-state index in [2.05, 4.69) is 6.55 Å².